The van der Waals surface area contributed by atoms with E-state index in [1.807, 2.05) is 48.5 Å². The SMILES string of the molecule is CCCCCCCCCCCCCCOC(C)c1ccc(-c2ccc(C(=O)Oc3ccc(CCC)cc3)cc2)cc1. The maximum absolute atomic E-state index is 12.6. The fourth-order valence-electron chi connectivity index (χ4n) is 5.22. The van der Waals surface area contributed by atoms with Crippen molar-refractivity contribution in [2.24, 2.45) is 0 Å². The topological polar surface area (TPSA) is 35.5 Å². The number of aryl methyl sites for hydroxylation is 1. The number of hydrogen-bond donors (Lipinski definition) is 0. The highest BCUT2D eigenvalue weighted by atomic mass is 16.5. The highest BCUT2D eigenvalue weighted by Gasteiger charge is 2.10. The largest absolute Gasteiger partial charge is 0.423 e. The summed E-state index contributed by atoms with van der Waals surface area (Å²) in [6, 6.07) is 23.9. The second-order valence-corrected chi connectivity index (χ2v) is 11.4. The zero-order valence-corrected chi connectivity index (χ0v) is 25.8. The zero-order chi connectivity index (χ0) is 29.1. The molecule has 3 heteroatoms. The summed E-state index contributed by atoms with van der Waals surface area (Å²) in [7, 11) is 0. The van der Waals surface area contributed by atoms with Crippen LogP contribution in [0.15, 0.2) is 72.8 Å². The Morgan fingerprint density at radius 2 is 1.12 bits per heavy atom. The molecule has 0 aromatic heterocycles. The number of rotatable bonds is 20. The Balaban J connectivity index is 1.32. The van der Waals surface area contributed by atoms with Crippen molar-refractivity contribution in [2.45, 2.75) is 117 Å². The van der Waals surface area contributed by atoms with Crippen LogP contribution in [-0.2, 0) is 11.2 Å². The number of carbonyl (C=O) groups excluding carboxylic acids is 1. The van der Waals surface area contributed by atoms with E-state index < -0.39 is 0 Å². The van der Waals surface area contributed by atoms with Crippen molar-refractivity contribution in [3.05, 3.63) is 89.5 Å². The van der Waals surface area contributed by atoms with E-state index >= 15 is 0 Å². The summed E-state index contributed by atoms with van der Waals surface area (Å²) in [4.78, 5) is 12.6. The van der Waals surface area contributed by atoms with Crippen LogP contribution in [-0.4, -0.2) is 12.6 Å². The first kappa shape index (κ1) is 32.6. The number of carbonyl (C=O) groups is 1. The maximum Gasteiger partial charge on any atom is 0.343 e. The molecule has 1 atom stereocenters. The van der Waals surface area contributed by atoms with Crippen molar-refractivity contribution in [3.8, 4) is 16.9 Å². The summed E-state index contributed by atoms with van der Waals surface area (Å²) >= 11 is 0. The standard InChI is InChI=1S/C38H52O3/c1-4-6-7-8-9-10-11-12-13-14-15-16-30-40-31(3)33-20-22-34(23-21-33)35-24-26-36(27-25-35)38(39)41-37-28-18-32(17-5-2)19-29-37/h18-29,31H,4-17,30H2,1-3H3. The van der Waals surface area contributed by atoms with Gasteiger partial charge in [-0.15, -0.1) is 0 Å². The van der Waals surface area contributed by atoms with Crippen molar-refractivity contribution in [1.82, 2.24) is 0 Å². The van der Waals surface area contributed by atoms with Crippen LogP contribution < -0.4 is 4.74 Å². The normalized spacial score (nSPS) is 11.9. The summed E-state index contributed by atoms with van der Waals surface area (Å²) in [5, 5.41) is 0. The van der Waals surface area contributed by atoms with Gasteiger partial charge in [0.25, 0.3) is 0 Å². The van der Waals surface area contributed by atoms with E-state index in [-0.39, 0.29) is 12.1 Å². The summed E-state index contributed by atoms with van der Waals surface area (Å²) in [6.07, 6.45) is 18.5. The van der Waals surface area contributed by atoms with E-state index in [9.17, 15) is 4.79 Å². The van der Waals surface area contributed by atoms with Gasteiger partial charge < -0.3 is 9.47 Å². The Morgan fingerprint density at radius 1 is 0.610 bits per heavy atom. The molecular formula is C38H52O3. The van der Waals surface area contributed by atoms with E-state index in [1.165, 1.54) is 81.8 Å². The molecule has 0 saturated heterocycles. The average molecular weight is 557 g/mol. The molecule has 1 unspecified atom stereocenters. The van der Waals surface area contributed by atoms with Gasteiger partial charge in [-0.2, -0.15) is 0 Å². The lowest BCUT2D eigenvalue weighted by Gasteiger charge is -2.14. The summed E-state index contributed by atoms with van der Waals surface area (Å²) in [5.41, 5.74) is 5.18. The molecule has 3 nitrogen and oxygen atoms in total. The van der Waals surface area contributed by atoms with Crippen LogP contribution in [0, 0.1) is 0 Å². The third-order valence-corrected chi connectivity index (χ3v) is 7.87. The van der Waals surface area contributed by atoms with Gasteiger partial charge in [-0.3, -0.25) is 0 Å². The fourth-order valence-corrected chi connectivity index (χ4v) is 5.22. The number of hydrogen-bond acceptors (Lipinski definition) is 3. The molecule has 41 heavy (non-hydrogen) atoms. The van der Waals surface area contributed by atoms with E-state index in [4.69, 9.17) is 9.47 Å². The number of benzene rings is 3. The van der Waals surface area contributed by atoms with Crippen LogP contribution in [0.1, 0.15) is 132 Å². The predicted molar refractivity (Wildman–Crippen MR) is 173 cm³/mol. The van der Waals surface area contributed by atoms with Gasteiger partial charge in [0.05, 0.1) is 11.7 Å². The molecule has 0 aliphatic rings. The summed E-state index contributed by atoms with van der Waals surface area (Å²) in [6.45, 7) is 7.39. The van der Waals surface area contributed by atoms with Gasteiger partial charge in [-0.25, -0.2) is 4.79 Å². The van der Waals surface area contributed by atoms with Crippen molar-refractivity contribution < 1.29 is 14.3 Å². The van der Waals surface area contributed by atoms with Crippen molar-refractivity contribution >= 4 is 5.97 Å². The predicted octanol–water partition coefficient (Wildman–Crippen LogP) is 11.3. The van der Waals surface area contributed by atoms with Gasteiger partial charge in [0.1, 0.15) is 5.75 Å². The molecule has 0 heterocycles. The number of unbranched alkanes of at least 4 members (excludes halogenated alkanes) is 11. The molecule has 0 fully saturated rings. The van der Waals surface area contributed by atoms with E-state index in [2.05, 4.69) is 45.0 Å². The Morgan fingerprint density at radius 3 is 1.66 bits per heavy atom. The molecule has 0 saturated carbocycles. The highest BCUT2D eigenvalue weighted by Crippen LogP contribution is 2.25. The Kier molecular flexibility index (Phi) is 15.3. The van der Waals surface area contributed by atoms with E-state index in [0.29, 0.717) is 11.3 Å². The van der Waals surface area contributed by atoms with Gasteiger partial charge in [-0.05, 0) is 66.3 Å². The smallest absolute Gasteiger partial charge is 0.343 e. The molecule has 0 N–H and O–H groups in total. The number of esters is 1. The zero-order valence-electron chi connectivity index (χ0n) is 25.8. The lowest BCUT2D eigenvalue weighted by Crippen LogP contribution is -2.08. The van der Waals surface area contributed by atoms with Crippen molar-refractivity contribution in [3.63, 3.8) is 0 Å². The van der Waals surface area contributed by atoms with Crippen LogP contribution >= 0.6 is 0 Å². The van der Waals surface area contributed by atoms with E-state index in [0.717, 1.165) is 37.0 Å². The molecule has 222 valence electrons. The van der Waals surface area contributed by atoms with Gasteiger partial charge in [0, 0.05) is 6.61 Å². The fraction of sp³-hybridized carbons (Fsp3) is 0.500. The minimum atomic E-state index is -0.339. The molecule has 0 aliphatic carbocycles. The third-order valence-electron chi connectivity index (χ3n) is 7.87. The third kappa shape index (κ3) is 12.2. The molecule has 3 aromatic carbocycles. The van der Waals surface area contributed by atoms with Crippen molar-refractivity contribution in [2.75, 3.05) is 6.61 Å². The molecule has 3 rings (SSSR count). The first-order chi connectivity index (χ1) is 20.1. The molecule has 0 amide bonds. The summed E-state index contributed by atoms with van der Waals surface area (Å²) in [5.74, 6) is 0.235. The maximum atomic E-state index is 12.6. The van der Waals surface area contributed by atoms with Crippen LogP contribution in [0.4, 0.5) is 0 Å². The summed E-state index contributed by atoms with van der Waals surface area (Å²) < 4.78 is 11.7. The number of ether oxygens (including phenoxy) is 2. The Bertz CT molecular complexity index is 1100. The quantitative estimate of drug-likeness (QED) is 0.0788. The second kappa shape index (κ2) is 19.3. The molecule has 3 aromatic rings. The molecule has 0 spiro atoms. The van der Waals surface area contributed by atoms with Crippen molar-refractivity contribution in [1.29, 1.82) is 0 Å². The first-order valence-electron chi connectivity index (χ1n) is 16.2. The lowest BCUT2D eigenvalue weighted by molar-refractivity contribution is 0.0627. The van der Waals surface area contributed by atoms with E-state index in [1.54, 1.807) is 0 Å². The monoisotopic (exact) mass is 556 g/mol. The first-order valence-corrected chi connectivity index (χ1v) is 16.2. The molecular weight excluding hydrogens is 504 g/mol. The minimum absolute atomic E-state index is 0.0879. The minimum Gasteiger partial charge on any atom is -0.423 e. The van der Waals surface area contributed by atoms with Crippen LogP contribution in [0.3, 0.4) is 0 Å². The molecule has 0 aliphatic heterocycles. The average Bonchev–Trinajstić information content (AvgIpc) is 3.00. The van der Waals surface area contributed by atoms with Gasteiger partial charge in [0.2, 0.25) is 0 Å². The van der Waals surface area contributed by atoms with Gasteiger partial charge in [-0.1, -0.05) is 139 Å². The van der Waals surface area contributed by atoms with Crippen LogP contribution in [0.2, 0.25) is 0 Å². The highest BCUT2D eigenvalue weighted by molar-refractivity contribution is 5.91. The molecule has 0 bridgehead atoms. The second-order valence-electron chi connectivity index (χ2n) is 11.4. The lowest BCUT2D eigenvalue weighted by atomic mass is 10.0. The van der Waals surface area contributed by atoms with Crippen LogP contribution in [0.5, 0.6) is 5.75 Å². The van der Waals surface area contributed by atoms with Gasteiger partial charge in [0.15, 0.2) is 0 Å². The van der Waals surface area contributed by atoms with Gasteiger partial charge >= 0.3 is 5.97 Å². The Labute approximate surface area is 249 Å². The van der Waals surface area contributed by atoms with Crippen LogP contribution in [0.25, 0.3) is 11.1 Å². The molecule has 0 radical (unpaired) electrons. The Hall–Kier alpha value is -2.91.